The fourth-order valence-corrected chi connectivity index (χ4v) is 2.84. The first-order valence-corrected chi connectivity index (χ1v) is 8.55. The molecule has 134 valence electrons. The van der Waals surface area contributed by atoms with Gasteiger partial charge in [-0.05, 0) is 48.0 Å². The number of carbonyl (C=O) groups is 1. The number of aromatic nitrogens is 3. The number of nitrogens with one attached hydrogen (secondary N) is 1. The fraction of sp³-hybridized carbons (Fsp3) is 0.0952. The summed E-state index contributed by atoms with van der Waals surface area (Å²) in [6.45, 7) is 0.435. The van der Waals surface area contributed by atoms with E-state index in [4.69, 9.17) is 4.74 Å². The SMILES string of the molecule is COc1ccc(C(=O)NCc2cccc(-c3cn4ncccc4n3)c2)cc1. The first-order valence-electron chi connectivity index (χ1n) is 8.55. The largest absolute Gasteiger partial charge is 0.497 e. The van der Waals surface area contributed by atoms with Crippen molar-refractivity contribution in [2.24, 2.45) is 0 Å². The van der Waals surface area contributed by atoms with Crippen LogP contribution in [0.3, 0.4) is 0 Å². The molecule has 0 fully saturated rings. The van der Waals surface area contributed by atoms with Gasteiger partial charge < -0.3 is 10.1 Å². The number of methoxy groups -OCH3 is 1. The molecule has 2 heterocycles. The number of benzene rings is 2. The number of amides is 1. The Morgan fingerprint density at radius 2 is 1.96 bits per heavy atom. The van der Waals surface area contributed by atoms with Crippen molar-refractivity contribution in [2.75, 3.05) is 7.11 Å². The summed E-state index contributed by atoms with van der Waals surface area (Å²) >= 11 is 0. The van der Waals surface area contributed by atoms with E-state index >= 15 is 0 Å². The van der Waals surface area contributed by atoms with E-state index in [2.05, 4.69) is 15.4 Å². The van der Waals surface area contributed by atoms with E-state index in [0.717, 1.165) is 28.2 Å². The summed E-state index contributed by atoms with van der Waals surface area (Å²) in [4.78, 5) is 16.9. The van der Waals surface area contributed by atoms with Gasteiger partial charge in [-0.1, -0.05) is 18.2 Å². The van der Waals surface area contributed by atoms with E-state index in [1.807, 2.05) is 42.6 Å². The molecule has 0 aliphatic rings. The van der Waals surface area contributed by atoms with E-state index in [0.29, 0.717) is 12.1 Å². The molecule has 0 saturated heterocycles. The Hall–Kier alpha value is -3.67. The third kappa shape index (κ3) is 3.64. The van der Waals surface area contributed by atoms with Gasteiger partial charge in [0, 0.05) is 23.9 Å². The van der Waals surface area contributed by atoms with Crippen LogP contribution in [0.25, 0.3) is 16.9 Å². The van der Waals surface area contributed by atoms with Crippen molar-refractivity contribution in [3.8, 4) is 17.0 Å². The molecule has 0 atom stereocenters. The Kier molecular flexibility index (Phi) is 4.53. The number of ether oxygens (including phenoxy) is 1. The summed E-state index contributed by atoms with van der Waals surface area (Å²) in [6.07, 6.45) is 3.62. The molecule has 0 saturated carbocycles. The zero-order chi connectivity index (χ0) is 18.6. The highest BCUT2D eigenvalue weighted by atomic mass is 16.5. The maximum atomic E-state index is 12.3. The van der Waals surface area contributed by atoms with Crippen molar-refractivity contribution < 1.29 is 9.53 Å². The van der Waals surface area contributed by atoms with Crippen molar-refractivity contribution in [2.45, 2.75) is 6.54 Å². The number of rotatable bonds is 5. The van der Waals surface area contributed by atoms with Gasteiger partial charge in [-0.15, -0.1) is 0 Å². The molecule has 27 heavy (non-hydrogen) atoms. The summed E-state index contributed by atoms with van der Waals surface area (Å²) in [5.74, 6) is 0.598. The van der Waals surface area contributed by atoms with Gasteiger partial charge in [0.1, 0.15) is 5.75 Å². The molecule has 6 heteroatoms. The molecule has 0 bridgehead atoms. The highest BCUT2D eigenvalue weighted by Crippen LogP contribution is 2.20. The molecular formula is C21H18N4O2. The lowest BCUT2D eigenvalue weighted by Gasteiger charge is -2.07. The molecule has 0 aliphatic heterocycles. The molecule has 0 spiro atoms. The minimum Gasteiger partial charge on any atom is -0.497 e. The predicted octanol–water partition coefficient (Wildman–Crippen LogP) is 3.33. The maximum absolute atomic E-state index is 12.3. The first-order chi connectivity index (χ1) is 13.2. The second-order valence-corrected chi connectivity index (χ2v) is 6.06. The molecule has 6 nitrogen and oxygen atoms in total. The van der Waals surface area contributed by atoms with Crippen LogP contribution in [-0.2, 0) is 6.54 Å². The lowest BCUT2D eigenvalue weighted by Crippen LogP contribution is -2.22. The Labute approximate surface area is 156 Å². The maximum Gasteiger partial charge on any atom is 0.251 e. The van der Waals surface area contributed by atoms with Gasteiger partial charge in [0.2, 0.25) is 0 Å². The van der Waals surface area contributed by atoms with Gasteiger partial charge in [-0.2, -0.15) is 5.10 Å². The highest BCUT2D eigenvalue weighted by molar-refractivity contribution is 5.94. The Bertz CT molecular complexity index is 1050. The smallest absolute Gasteiger partial charge is 0.251 e. The second-order valence-electron chi connectivity index (χ2n) is 6.06. The van der Waals surface area contributed by atoms with Crippen molar-refractivity contribution >= 4 is 11.6 Å². The minimum atomic E-state index is -0.125. The summed E-state index contributed by atoms with van der Waals surface area (Å²) in [5, 5.41) is 7.18. The number of carbonyl (C=O) groups excluding carboxylic acids is 1. The summed E-state index contributed by atoms with van der Waals surface area (Å²) < 4.78 is 6.85. The minimum absolute atomic E-state index is 0.125. The van der Waals surface area contributed by atoms with Gasteiger partial charge in [-0.25, -0.2) is 9.50 Å². The lowest BCUT2D eigenvalue weighted by molar-refractivity contribution is 0.0951. The molecule has 1 amide bonds. The quantitative estimate of drug-likeness (QED) is 0.594. The number of hydrogen-bond donors (Lipinski definition) is 1. The Balaban J connectivity index is 1.48. The van der Waals surface area contributed by atoms with Crippen LogP contribution in [0.1, 0.15) is 15.9 Å². The van der Waals surface area contributed by atoms with Crippen LogP contribution in [0.15, 0.2) is 73.1 Å². The summed E-state index contributed by atoms with van der Waals surface area (Å²) in [7, 11) is 1.60. The normalized spacial score (nSPS) is 10.7. The zero-order valence-corrected chi connectivity index (χ0v) is 14.8. The van der Waals surface area contributed by atoms with E-state index in [9.17, 15) is 4.79 Å². The third-order valence-corrected chi connectivity index (χ3v) is 4.26. The zero-order valence-electron chi connectivity index (χ0n) is 14.8. The molecule has 0 radical (unpaired) electrons. The van der Waals surface area contributed by atoms with Crippen LogP contribution in [0.4, 0.5) is 0 Å². The monoisotopic (exact) mass is 358 g/mol. The van der Waals surface area contributed by atoms with Gasteiger partial charge >= 0.3 is 0 Å². The topological polar surface area (TPSA) is 68.5 Å². The molecule has 1 N–H and O–H groups in total. The fourth-order valence-electron chi connectivity index (χ4n) is 2.84. The van der Waals surface area contributed by atoms with Gasteiger partial charge in [-0.3, -0.25) is 4.79 Å². The lowest BCUT2D eigenvalue weighted by atomic mass is 10.1. The molecule has 0 unspecified atom stereocenters. The highest BCUT2D eigenvalue weighted by Gasteiger charge is 2.08. The molecule has 4 aromatic rings. The van der Waals surface area contributed by atoms with E-state index < -0.39 is 0 Å². The predicted molar refractivity (Wildman–Crippen MR) is 103 cm³/mol. The molecule has 0 aliphatic carbocycles. The van der Waals surface area contributed by atoms with Crippen LogP contribution in [-0.4, -0.2) is 27.6 Å². The van der Waals surface area contributed by atoms with Crippen LogP contribution in [0.2, 0.25) is 0 Å². The number of fused-ring (bicyclic) bond motifs is 1. The number of imidazole rings is 1. The third-order valence-electron chi connectivity index (χ3n) is 4.26. The van der Waals surface area contributed by atoms with Crippen molar-refractivity contribution in [1.82, 2.24) is 19.9 Å². The average Bonchev–Trinajstić information content (AvgIpc) is 3.17. The van der Waals surface area contributed by atoms with Crippen molar-refractivity contribution in [3.63, 3.8) is 0 Å². The second kappa shape index (κ2) is 7.29. The molecule has 2 aromatic heterocycles. The summed E-state index contributed by atoms with van der Waals surface area (Å²) in [6, 6.07) is 18.8. The standard InChI is InChI=1S/C21H18N4O2/c1-27-18-9-7-16(8-10-18)21(26)22-13-15-4-2-5-17(12-15)19-14-25-20(24-19)6-3-11-23-25/h2-12,14H,13H2,1H3,(H,22,26). The number of nitrogens with zero attached hydrogens (tertiary/aromatic N) is 3. The van der Waals surface area contributed by atoms with Crippen molar-refractivity contribution in [1.29, 1.82) is 0 Å². The van der Waals surface area contributed by atoms with Crippen molar-refractivity contribution in [3.05, 3.63) is 84.2 Å². The van der Waals surface area contributed by atoms with E-state index in [1.165, 1.54) is 0 Å². The Morgan fingerprint density at radius 1 is 1.11 bits per heavy atom. The van der Waals surface area contributed by atoms with Crippen LogP contribution < -0.4 is 10.1 Å². The molecule has 4 rings (SSSR count). The van der Waals surface area contributed by atoms with E-state index in [-0.39, 0.29) is 5.91 Å². The van der Waals surface area contributed by atoms with E-state index in [1.54, 1.807) is 42.1 Å². The first kappa shape index (κ1) is 16.8. The molecular weight excluding hydrogens is 340 g/mol. The van der Waals surface area contributed by atoms with Crippen LogP contribution >= 0.6 is 0 Å². The summed E-state index contributed by atoms with van der Waals surface area (Å²) in [5.41, 5.74) is 4.22. The van der Waals surface area contributed by atoms with Crippen LogP contribution in [0, 0.1) is 0 Å². The number of hydrogen-bond acceptors (Lipinski definition) is 4. The molecule has 2 aromatic carbocycles. The Morgan fingerprint density at radius 3 is 2.74 bits per heavy atom. The van der Waals surface area contributed by atoms with Gasteiger partial charge in [0.15, 0.2) is 5.65 Å². The van der Waals surface area contributed by atoms with Gasteiger partial charge in [0.25, 0.3) is 5.91 Å². The van der Waals surface area contributed by atoms with Gasteiger partial charge in [0.05, 0.1) is 19.0 Å². The average molecular weight is 358 g/mol. The van der Waals surface area contributed by atoms with Crippen LogP contribution in [0.5, 0.6) is 5.75 Å².